The lowest BCUT2D eigenvalue weighted by molar-refractivity contribution is -0.134. The Morgan fingerprint density at radius 2 is 1.89 bits per heavy atom. The van der Waals surface area contributed by atoms with Gasteiger partial charge in [-0.05, 0) is 24.3 Å². The monoisotopic (exact) mass is 625 g/mol. The predicted octanol–water partition coefficient (Wildman–Crippen LogP) is 3.51. The van der Waals surface area contributed by atoms with E-state index in [0.29, 0.717) is 32.1 Å². The number of aromatic nitrogens is 6. The number of imidazole rings is 1. The number of ketones is 1. The summed E-state index contributed by atoms with van der Waals surface area (Å²) < 4.78 is 8.56. The van der Waals surface area contributed by atoms with E-state index in [-0.39, 0.29) is 24.5 Å². The Morgan fingerprint density at radius 3 is 2.69 bits per heavy atom. The van der Waals surface area contributed by atoms with Crippen molar-refractivity contribution in [3.8, 4) is 11.4 Å². The number of anilines is 1. The molecule has 45 heavy (non-hydrogen) atoms. The van der Waals surface area contributed by atoms with Gasteiger partial charge in [-0.3, -0.25) is 19.6 Å². The number of hydrogen-bond acceptors (Lipinski definition) is 10. The van der Waals surface area contributed by atoms with Gasteiger partial charge in [0.2, 0.25) is 5.91 Å². The molecule has 2 saturated heterocycles. The minimum atomic E-state index is -0.0582. The number of amides is 1. The number of thiophene rings is 1. The number of carbonyl (C=O) groups is 2. The van der Waals surface area contributed by atoms with Gasteiger partial charge in [-0.25, -0.2) is 15.0 Å². The molecule has 0 atom stereocenters. The number of H-pyrrole nitrogens is 1. The van der Waals surface area contributed by atoms with Gasteiger partial charge in [0, 0.05) is 81.5 Å². The minimum absolute atomic E-state index is 0.0318. The van der Waals surface area contributed by atoms with E-state index in [0.717, 1.165) is 70.9 Å². The second kappa shape index (κ2) is 12.9. The second-order valence-corrected chi connectivity index (χ2v) is 12.6. The lowest BCUT2D eigenvalue weighted by Gasteiger charge is -2.34. The number of ether oxygens (including phenoxy) is 1. The predicted molar refractivity (Wildman–Crippen MR) is 174 cm³/mol. The highest BCUT2D eigenvalue weighted by atomic mass is 32.1. The quantitative estimate of drug-likeness (QED) is 0.245. The zero-order chi connectivity index (χ0) is 30.8. The Bertz CT molecular complexity index is 1860. The van der Waals surface area contributed by atoms with Crippen molar-refractivity contribution >= 4 is 56.0 Å². The van der Waals surface area contributed by atoms with Gasteiger partial charge in [-0.15, -0.1) is 11.3 Å². The number of carbonyl (C=O) groups excluding carboxylic acids is 2. The zero-order valence-corrected chi connectivity index (χ0v) is 26.0. The number of allylic oxidation sites excluding steroid dienone is 1. The van der Waals surface area contributed by atoms with Crippen LogP contribution in [-0.4, -0.2) is 104 Å². The number of benzene rings is 1. The summed E-state index contributed by atoms with van der Waals surface area (Å²) in [6.07, 6.45) is 8.91. The van der Waals surface area contributed by atoms with Crippen LogP contribution in [0.4, 0.5) is 5.82 Å². The van der Waals surface area contributed by atoms with E-state index < -0.39 is 0 Å². The van der Waals surface area contributed by atoms with Crippen molar-refractivity contribution in [2.75, 3.05) is 57.4 Å². The first kappa shape index (κ1) is 29.3. The molecule has 5 aromatic rings. The summed E-state index contributed by atoms with van der Waals surface area (Å²) in [5.74, 6) is 1.62. The normalized spacial score (nSPS) is 16.4. The lowest BCUT2D eigenvalue weighted by atomic mass is 10.1. The summed E-state index contributed by atoms with van der Waals surface area (Å²) in [7, 11) is 1.87. The molecule has 0 radical (unpaired) electrons. The number of nitrogens with one attached hydrogen (secondary N) is 1. The fraction of sp³-hybridized carbons (Fsp3) is 0.375. The maximum Gasteiger partial charge on any atom is 0.223 e. The van der Waals surface area contributed by atoms with Gasteiger partial charge >= 0.3 is 0 Å². The van der Waals surface area contributed by atoms with Crippen molar-refractivity contribution in [3.63, 3.8) is 0 Å². The van der Waals surface area contributed by atoms with Gasteiger partial charge in [0.05, 0.1) is 53.4 Å². The summed E-state index contributed by atoms with van der Waals surface area (Å²) in [6.45, 7) is 6.59. The number of rotatable bonds is 9. The maximum absolute atomic E-state index is 12.9. The summed E-state index contributed by atoms with van der Waals surface area (Å²) in [4.78, 5) is 47.2. The highest BCUT2D eigenvalue weighted by Crippen LogP contribution is 2.36. The lowest BCUT2D eigenvalue weighted by Crippen LogP contribution is -2.48. The maximum atomic E-state index is 12.9. The molecule has 1 N–H and O–H groups in total. The molecule has 0 bridgehead atoms. The van der Waals surface area contributed by atoms with Crippen molar-refractivity contribution in [2.45, 2.75) is 19.4 Å². The number of aromatic amines is 1. The first-order valence-corrected chi connectivity index (χ1v) is 16.1. The van der Waals surface area contributed by atoms with Crippen molar-refractivity contribution < 1.29 is 14.3 Å². The largest absolute Gasteiger partial charge is 0.378 e. The number of fused-ring (bicyclic) bond motifs is 2. The SMILES string of the molecule is Cn1cncc1C=CC(=O)CCC(=O)N1CCN(Cc2cc3nc(-c4cccc5[nH]ncc45)nc(N4CCOCC4)c3s2)CC1. The topological polar surface area (TPSA) is 125 Å². The highest BCUT2D eigenvalue weighted by Gasteiger charge is 2.24. The van der Waals surface area contributed by atoms with Crippen LogP contribution in [0.25, 0.3) is 38.6 Å². The van der Waals surface area contributed by atoms with Crippen LogP contribution in [-0.2, 0) is 27.9 Å². The van der Waals surface area contributed by atoms with Crippen LogP contribution >= 0.6 is 11.3 Å². The van der Waals surface area contributed by atoms with Crippen molar-refractivity contribution in [3.05, 3.63) is 59.6 Å². The molecule has 232 valence electrons. The van der Waals surface area contributed by atoms with E-state index in [1.54, 1.807) is 29.9 Å². The van der Waals surface area contributed by atoms with Gasteiger partial charge in [0.1, 0.15) is 0 Å². The van der Waals surface area contributed by atoms with E-state index in [4.69, 9.17) is 14.7 Å². The van der Waals surface area contributed by atoms with E-state index >= 15 is 0 Å². The van der Waals surface area contributed by atoms with Gasteiger partial charge in [0.15, 0.2) is 17.4 Å². The average molecular weight is 626 g/mol. The van der Waals surface area contributed by atoms with Crippen molar-refractivity contribution in [1.29, 1.82) is 0 Å². The van der Waals surface area contributed by atoms with Crippen LogP contribution in [0.5, 0.6) is 0 Å². The average Bonchev–Trinajstić information content (AvgIpc) is 3.82. The van der Waals surface area contributed by atoms with Crippen LogP contribution in [0.1, 0.15) is 23.4 Å². The fourth-order valence-electron chi connectivity index (χ4n) is 5.87. The number of aryl methyl sites for hydroxylation is 1. The molecule has 0 spiro atoms. The number of hydrogen-bond donors (Lipinski definition) is 1. The molecule has 1 aromatic carbocycles. The third kappa shape index (κ3) is 6.37. The summed E-state index contributed by atoms with van der Waals surface area (Å²) in [6, 6.07) is 8.24. The fourth-order valence-corrected chi connectivity index (χ4v) is 7.02. The van der Waals surface area contributed by atoms with E-state index in [1.807, 2.05) is 40.9 Å². The molecule has 2 aliphatic heterocycles. The third-order valence-corrected chi connectivity index (χ3v) is 9.53. The Balaban J connectivity index is 1.01. The molecule has 6 heterocycles. The minimum Gasteiger partial charge on any atom is -0.378 e. The summed E-state index contributed by atoms with van der Waals surface area (Å²) in [5, 5.41) is 8.27. The molecule has 0 saturated carbocycles. The first-order valence-electron chi connectivity index (χ1n) is 15.2. The summed E-state index contributed by atoms with van der Waals surface area (Å²) in [5.41, 5.74) is 3.70. The Morgan fingerprint density at radius 1 is 1.04 bits per heavy atom. The van der Waals surface area contributed by atoms with Crippen LogP contribution in [0.2, 0.25) is 0 Å². The number of morpholine rings is 1. The first-order chi connectivity index (χ1) is 22.0. The molecule has 12 nitrogen and oxygen atoms in total. The Labute approximate surface area is 264 Å². The molecular weight excluding hydrogens is 590 g/mol. The van der Waals surface area contributed by atoms with Crippen LogP contribution in [0, 0.1) is 0 Å². The van der Waals surface area contributed by atoms with E-state index in [9.17, 15) is 9.59 Å². The molecule has 1 amide bonds. The molecule has 0 unspecified atom stereocenters. The van der Waals surface area contributed by atoms with Crippen LogP contribution < -0.4 is 4.90 Å². The third-order valence-electron chi connectivity index (χ3n) is 8.42. The van der Waals surface area contributed by atoms with Crippen molar-refractivity contribution in [1.82, 2.24) is 39.5 Å². The van der Waals surface area contributed by atoms with Crippen LogP contribution in [0.15, 0.2) is 49.1 Å². The highest BCUT2D eigenvalue weighted by molar-refractivity contribution is 7.19. The molecule has 13 heteroatoms. The standard InChI is InChI=1S/C32H35N9O3S/c1-38-21-33-18-22(38)5-6-23(42)7-8-29(43)40-11-9-39(10-12-40)20-24-17-28-30(45-24)32(41-13-15-44-16-14-41)36-31(35-28)25-3-2-4-27-26(25)19-34-37-27/h2-6,17-19,21H,7-16,20H2,1H3,(H,34,37). The molecule has 0 aliphatic carbocycles. The van der Waals surface area contributed by atoms with Crippen molar-refractivity contribution in [2.24, 2.45) is 7.05 Å². The smallest absolute Gasteiger partial charge is 0.223 e. The summed E-state index contributed by atoms with van der Waals surface area (Å²) >= 11 is 1.75. The van der Waals surface area contributed by atoms with Gasteiger partial charge in [-0.2, -0.15) is 5.10 Å². The molecule has 2 fully saturated rings. The Hall–Kier alpha value is -4.46. The zero-order valence-electron chi connectivity index (χ0n) is 25.2. The van der Waals surface area contributed by atoms with E-state index in [1.165, 1.54) is 11.0 Å². The molecule has 4 aromatic heterocycles. The molecule has 2 aliphatic rings. The second-order valence-electron chi connectivity index (χ2n) is 11.4. The number of nitrogens with zero attached hydrogens (tertiary/aromatic N) is 8. The van der Waals surface area contributed by atoms with Gasteiger partial charge in [0.25, 0.3) is 0 Å². The van der Waals surface area contributed by atoms with Crippen LogP contribution in [0.3, 0.4) is 0 Å². The van der Waals surface area contributed by atoms with E-state index in [2.05, 4.69) is 31.0 Å². The Kier molecular flexibility index (Phi) is 8.37. The van der Waals surface area contributed by atoms with Gasteiger partial charge in [-0.1, -0.05) is 12.1 Å². The molecular formula is C32H35N9O3S. The molecule has 7 rings (SSSR count). The van der Waals surface area contributed by atoms with Gasteiger partial charge < -0.3 is 19.1 Å². The number of piperazine rings is 1.